The van der Waals surface area contributed by atoms with E-state index in [9.17, 15) is 9.18 Å². The van der Waals surface area contributed by atoms with Crippen molar-refractivity contribution >= 4 is 11.6 Å². The summed E-state index contributed by atoms with van der Waals surface area (Å²) in [7, 11) is 0. The summed E-state index contributed by atoms with van der Waals surface area (Å²) in [4.78, 5) is 12.1. The van der Waals surface area contributed by atoms with E-state index in [2.05, 4.69) is 10.4 Å². The second kappa shape index (κ2) is 6.04. The fourth-order valence-corrected chi connectivity index (χ4v) is 2.38. The van der Waals surface area contributed by atoms with Crippen molar-refractivity contribution < 1.29 is 9.18 Å². The van der Waals surface area contributed by atoms with Crippen LogP contribution in [0, 0.1) is 19.7 Å². The zero-order chi connectivity index (χ0) is 16.4. The Morgan fingerprint density at radius 1 is 1.04 bits per heavy atom. The van der Waals surface area contributed by atoms with E-state index in [1.54, 1.807) is 0 Å². The van der Waals surface area contributed by atoms with Gasteiger partial charge >= 0.3 is 0 Å². The summed E-state index contributed by atoms with van der Waals surface area (Å²) >= 11 is 0. The SMILES string of the molecule is Cc1cc(C)n(-c2ccc(NC(=O)c3ccc(F)cc3)cc2)n1. The molecule has 0 aliphatic carbocycles. The lowest BCUT2D eigenvalue weighted by atomic mass is 10.2. The van der Waals surface area contributed by atoms with E-state index < -0.39 is 0 Å². The fourth-order valence-electron chi connectivity index (χ4n) is 2.38. The molecule has 5 heteroatoms. The molecule has 0 aliphatic rings. The van der Waals surface area contributed by atoms with Gasteiger partial charge in [0.15, 0.2) is 0 Å². The van der Waals surface area contributed by atoms with E-state index in [-0.39, 0.29) is 11.7 Å². The summed E-state index contributed by atoms with van der Waals surface area (Å²) in [6.45, 7) is 3.94. The molecule has 0 atom stereocenters. The second-order valence-electron chi connectivity index (χ2n) is 5.35. The molecule has 0 fully saturated rings. The van der Waals surface area contributed by atoms with Gasteiger partial charge in [-0.3, -0.25) is 4.79 Å². The number of carbonyl (C=O) groups excluding carboxylic acids is 1. The van der Waals surface area contributed by atoms with Gasteiger partial charge in [0.2, 0.25) is 0 Å². The number of amides is 1. The van der Waals surface area contributed by atoms with Crippen molar-refractivity contribution in [2.24, 2.45) is 0 Å². The maximum Gasteiger partial charge on any atom is 0.255 e. The van der Waals surface area contributed by atoms with Crippen LogP contribution >= 0.6 is 0 Å². The Labute approximate surface area is 133 Å². The molecular weight excluding hydrogens is 293 g/mol. The zero-order valence-electron chi connectivity index (χ0n) is 12.9. The van der Waals surface area contributed by atoms with Crippen LogP contribution in [-0.2, 0) is 0 Å². The lowest BCUT2D eigenvalue weighted by Crippen LogP contribution is -2.11. The average molecular weight is 309 g/mol. The quantitative estimate of drug-likeness (QED) is 0.798. The van der Waals surface area contributed by atoms with Crippen LogP contribution in [-0.4, -0.2) is 15.7 Å². The van der Waals surface area contributed by atoms with Crippen molar-refractivity contribution in [3.05, 3.63) is 77.4 Å². The number of carbonyl (C=O) groups is 1. The third kappa shape index (κ3) is 3.29. The number of rotatable bonds is 3. The van der Waals surface area contributed by atoms with Gasteiger partial charge in [0.25, 0.3) is 5.91 Å². The largest absolute Gasteiger partial charge is 0.322 e. The summed E-state index contributed by atoms with van der Waals surface area (Å²) < 4.78 is 14.7. The normalized spacial score (nSPS) is 10.6. The highest BCUT2D eigenvalue weighted by Crippen LogP contribution is 2.16. The Morgan fingerprint density at radius 3 is 2.26 bits per heavy atom. The molecule has 0 saturated heterocycles. The number of halogens is 1. The highest BCUT2D eigenvalue weighted by molar-refractivity contribution is 6.04. The zero-order valence-corrected chi connectivity index (χ0v) is 12.9. The highest BCUT2D eigenvalue weighted by atomic mass is 19.1. The first-order valence-electron chi connectivity index (χ1n) is 7.23. The summed E-state index contributed by atoms with van der Waals surface area (Å²) in [6.07, 6.45) is 0. The van der Waals surface area contributed by atoms with Crippen LogP contribution in [0.5, 0.6) is 0 Å². The number of anilines is 1. The van der Waals surface area contributed by atoms with Crippen LogP contribution < -0.4 is 5.32 Å². The molecule has 0 saturated carbocycles. The first-order chi connectivity index (χ1) is 11.0. The minimum atomic E-state index is -0.365. The lowest BCUT2D eigenvalue weighted by Gasteiger charge is -2.08. The maximum atomic E-state index is 12.9. The second-order valence-corrected chi connectivity index (χ2v) is 5.35. The predicted molar refractivity (Wildman–Crippen MR) is 87.4 cm³/mol. The molecule has 2 aromatic carbocycles. The molecule has 0 radical (unpaired) electrons. The molecule has 0 aliphatic heterocycles. The van der Waals surface area contributed by atoms with Crippen LogP contribution in [0.2, 0.25) is 0 Å². The number of aryl methyl sites for hydroxylation is 2. The summed E-state index contributed by atoms with van der Waals surface area (Å²) in [6, 6.07) is 14.8. The lowest BCUT2D eigenvalue weighted by molar-refractivity contribution is 0.102. The van der Waals surface area contributed by atoms with Crippen molar-refractivity contribution in [3.8, 4) is 5.69 Å². The monoisotopic (exact) mass is 309 g/mol. The van der Waals surface area contributed by atoms with Crippen LogP contribution in [0.4, 0.5) is 10.1 Å². The van der Waals surface area contributed by atoms with Gasteiger partial charge in [0.1, 0.15) is 5.82 Å². The van der Waals surface area contributed by atoms with Gasteiger partial charge in [-0.25, -0.2) is 9.07 Å². The third-order valence-corrected chi connectivity index (χ3v) is 3.49. The van der Waals surface area contributed by atoms with E-state index in [0.717, 1.165) is 17.1 Å². The van der Waals surface area contributed by atoms with E-state index in [4.69, 9.17) is 0 Å². The number of hydrogen-bond acceptors (Lipinski definition) is 2. The topological polar surface area (TPSA) is 46.9 Å². The third-order valence-electron chi connectivity index (χ3n) is 3.49. The molecule has 1 heterocycles. The summed E-state index contributed by atoms with van der Waals surface area (Å²) in [5.41, 5.74) is 4.01. The fraction of sp³-hybridized carbons (Fsp3) is 0.111. The number of hydrogen-bond donors (Lipinski definition) is 1. The number of nitrogens with zero attached hydrogens (tertiary/aromatic N) is 2. The minimum absolute atomic E-state index is 0.274. The van der Waals surface area contributed by atoms with Crippen molar-refractivity contribution in [1.29, 1.82) is 0 Å². The Morgan fingerprint density at radius 2 is 1.70 bits per heavy atom. The molecule has 3 aromatic rings. The number of aromatic nitrogens is 2. The molecule has 0 unspecified atom stereocenters. The molecule has 1 amide bonds. The molecule has 0 bridgehead atoms. The first kappa shape index (κ1) is 15.0. The van der Waals surface area contributed by atoms with E-state index >= 15 is 0 Å². The molecule has 4 nitrogen and oxygen atoms in total. The Balaban J connectivity index is 1.76. The van der Waals surface area contributed by atoms with E-state index in [1.165, 1.54) is 24.3 Å². The highest BCUT2D eigenvalue weighted by Gasteiger charge is 2.07. The van der Waals surface area contributed by atoms with Gasteiger partial charge in [-0.15, -0.1) is 0 Å². The predicted octanol–water partition coefficient (Wildman–Crippen LogP) is 3.88. The van der Waals surface area contributed by atoms with Gasteiger partial charge in [-0.05, 0) is 68.4 Å². The number of nitrogens with one attached hydrogen (secondary N) is 1. The smallest absolute Gasteiger partial charge is 0.255 e. The molecule has 116 valence electrons. The Hall–Kier alpha value is -2.95. The maximum absolute atomic E-state index is 12.9. The van der Waals surface area contributed by atoms with Crippen LogP contribution in [0.15, 0.2) is 54.6 Å². The molecule has 3 rings (SSSR count). The van der Waals surface area contributed by atoms with Gasteiger partial charge in [0.05, 0.1) is 11.4 Å². The molecule has 1 N–H and O–H groups in total. The van der Waals surface area contributed by atoms with Crippen LogP contribution in [0.3, 0.4) is 0 Å². The summed E-state index contributed by atoms with van der Waals surface area (Å²) in [5.74, 6) is -0.639. The van der Waals surface area contributed by atoms with Crippen molar-refractivity contribution in [3.63, 3.8) is 0 Å². The Kier molecular flexibility index (Phi) is 3.93. The van der Waals surface area contributed by atoms with Gasteiger partial charge < -0.3 is 5.32 Å². The first-order valence-corrected chi connectivity index (χ1v) is 7.23. The number of benzene rings is 2. The van der Waals surface area contributed by atoms with E-state index in [0.29, 0.717) is 11.3 Å². The molecular formula is C18H16FN3O. The average Bonchev–Trinajstić information content (AvgIpc) is 2.87. The van der Waals surface area contributed by atoms with E-state index in [1.807, 2.05) is 48.9 Å². The van der Waals surface area contributed by atoms with Crippen LogP contribution in [0.25, 0.3) is 5.69 Å². The van der Waals surface area contributed by atoms with Crippen LogP contribution in [0.1, 0.15) is 21.7 Å². The minimum Gasteiger partial charge on any atom is -0.322 e. The standard InChI is InChI=1S/C18H16FN3O/c1-12-11-13(2)22(21-12)17-9-7-16(8-10-17)20-18(23)14-3-5-15(19)6-4-14/h3-11H,1-2H3,(H,20,23). The van der Waals surface area contributed by atoms with Crippen molar-refractivity contribution in [1.82, 2.24) is 9.78 Å². The van der Waals surface area contributed by atoms with Gasteiger partial charge in [0, 0.05) is 16.9 Å². The van der Waals surface area contributed by atoms with Gasteiger partial charge in [-0.2, -0.15) is 5.10 Å². The summed E-state index contributed by atoms with van der Waals surface area (Å²) in [5, 5.41) is 7.21. The molecule has 23 heavy (non-hydrogen) atoms. The molecule has 1 aromatic heterocycles. The van der Waals surface area contributed by atoms with Crippen molar-refractivity contribution in [2.75, 3.05) is 5.32 Å². The molecule has 0 spiro atoms. The van der Waals surface area contributed by atoms with Crippen molar-refractivity contribution in [2.45, 2.75) is 13.8 Å². The van der Waals surface area contributed by atoms with Gasteiger partial charge in [-0.1, -0.05) is 0 Å². The Bertz CT molecular complexity index is 836.